The second-order valence-electron chi connectivity index (χ2n) is 10.0. The van der Waals surface area contributed by atoms with Gasteiger partial charge in [-0.05, 0) is 74.6 Å². The summed E-state index contributed by atoms with van der Waals surface area (Å²) in [5.41, 5.74) is 3.14. The van der Waals surface area contributed by atoms with Crippen molar-refractivity contribution in [3.8, 4) is 5.75 Å². The zero-order valence-corrected chi connectivity index (χ0v) is 20.4. The second kappa shape index (κ2) is 11.6. The third-order valence-electron chi connectivity index (χ3n) is 7.82. The Morgan fingerprint density at radius 3 is 2.15 bits per heavy atom. The number of para-hydroxylation sites is 2. The van der Waals surface area contributed by atoms with Crippen molar-refractivity contribution < 1.29 is 9.53 Å². The summed E-state index contributed by atoms with van der Waals surface area (Å²) >= 11 is 0. The van der Waals surface area contributed by atoms with Gasteiger partial charge in [0, 0.05) is 11.7 Å². The summed E-state index contributed by atoms with van der Waals surface area (Å²) in [4.78, 5) is 15.5. The molecule has 2 saturated carbocycles. The Balaban J connectivity index is 1.41. The van der Waals surface area contributed by atoms with Crippen LogP contribution in [0.2, 0.25) is 0 Å². The van der Waals surface area contributed by atoms with Gasteiger partial charge in [0.15, 0.2) is 0 Å². The van der Waals surface area contributed by atoms with E-state index in [1.54, 1.807) is 0 Å². The maximum Gasteiger partial charge on any atom is 0.322 e. The first-order valence-corrected chi connectivity index (χ1v) is 12.9. The number of anilines is 1. The minimum absolute atomic E-state index is 0.00479. The van der Waals surface area contributed by atoms with E-state index in [2.05, 4.69) is 31.3 Å². The van der Waals surface area contributed by atoms with Crippen LogP contribution in [0, 0.1) is 25.7 Å². The Morgan fingerprint density at radius 1 is 0.848 bits per heavy atom. The summed E-state index contributed by atoms with van der Waals surface area (Å²) in [6, 6.07) is 16.3. The molecule has 4 rings (SSSR count). The number of ether oxygens (including phenoxy) is 1. The van der Waals surface area contributed by atoms with Crippen LogP contribution < -0.4 is 10.1 Å². The van der Waals surface area contributed by atoms with Crippen LogP contribution in [0.4, 0.5) is 10.5 Å². The quantitative estimate of drug-likeness (QED) is 0.481. The molecule has 4 nitrogen and oxygen atoms in total. The first-order chi connectivity index (χ1) is 16.1. The predicted molar refractivity (Wildman–Crippen MR) is 136 cm³/mol. The molecule has 0 atom stereocenters. The molecule has 2 aromatic carbocycles. The molecule has 0 aliphatic heterocycles. The Bertz CT molecular complexity index is 863. The lowest BCUT2D eigenvalue weighted by atomic mass is 9.72. The van der Waals surface area contributed by atoms with E-state index in [0.717, 1.165) is 47.2 Å². The van der Waals surface area contributed by atoms with Crippen LogP contribution in [0.25, 0.3) is 0 Å². The second-order valence-corrected chi connectivity index (χ2v) is 10.0. The lowest BCUT2D eigenvalue weighted by Gasteiger charge is -2.40. The van der Waals surface area contributed by atoms with Crippen molar-refractivity contribution in [2.75, 3.05) is 18.5 Å². The number of carbonyl (C=O) groups excluding carboxylic acids is 1. The van der Waals surface area contributed by atoms with Gasteiger partial charge in [-0.25, -0.2) is 4.79 Å². The molecule has 0 saturated heterocycles. The van der Waals surface area contributed by atoms with Gasteiger partial charge in [0.05, 0.1) is 6.54 Å². The van der Waals surface area contributed by atoms with E-state index in [0.29, 0.717) is 13.2 Å². The number of rotatable bonds is 7. The van der Waals surface area contributed by atoms with Crippen molar-refractivity contribution in [3.05, 3.63) is 59.7 Å². The van der Waals surface area contributed by atoms with E-state index in [1.165, 1.54) is 44.9 Å². The normalized spacial score (nSPS) is 21.4. The summed E-state index contributed by atoms with van der Waals surface area (Å²) < 4.78 is 5.97. The molecule has 0 aromatic heterocycles. The van der Waals surface area contributed by atoms with E-state index in [-0.39, 0.29) is 12.1 Å². The third kappa shape index (κ3) is 6.31. The highest BCUT2D eigenvalue weighted by molar-refractivity contribution is 5.91. The zero-order valence-electron chi connectivity index (χ0n) is 20.4. The third-order valence-corrected chi connectivity index (χ3v) is 7.82. The summed E-state index contributed by atoms with van der Waals surface area (Å²) in [7, 11) is 0. The highest BCUT2D eigenvalue weighted by Gasteiger charge is 2.32. The largest absolute Gasteiger partial charge is 0.492 e. The van der Waals surface area contributed by atoms with Crippen LogP contribution in [0.1, 0.15) is 68.9 Å². The van der Waals surface area contributed by atoms with E-state index < -0.39 is 0 Å². The molecule has 33 heavy (non-hydrogen) atoms. The molecule has 2 aromatic rings. The van der Waals surface area contributed by atoms with Crippen LogP contribution in [-0.2, 0) is 0 Å². The fourth-order valence-corrected chi connectivity index (χ4v) is 5.91. The van der Waals surface area contributed by atoms with E-state index >= 15 is 0 Å². The molecule has 2 aliphatic rings. The van der Waals surface area contributed by atoms with Crippen LogP contribution in [0.5, 0.6) is 5.75 Å². The molecule has 2 amide bonds. The summed E-state index contributed by atoms with van der Waals surface area (Å²) in [6.45, 7) is 5.22. The Morgan fingerprint density at radius 2 is 1.48 bits per heavy atom. The van der Waals surface area contributed by atoms with Crippen LogP contribution in [0.3, 0.4) is 0 Å². The summed E-state index contributed by atoms with van der Waals surface area (Å²) in [6.07, 6.45) is 11.8. The van der Waals surface area contributed by atoms with Gasteiger partial charge in [0.25, 0.3) is 0 Å². The molecule has 2 aliphatic carbocycles. The van der Waals surface area contributed by atoms with Crippen molar-refractivity contribution in [3.63, 3.8) is 0 Å². The van der Waals surface area contributed by atoms with Gasteiger partial charge in [-0.1, -0.05) is 68.5 Å². The number of aryl methyl sites for hydroxylation is 2. The average Bonchev–Trinajstić information content (AvgIpc) is 2.85. The number of urea groups is 1. The topological polar surface area (TPSA) is 41.6 Å². The van der Waals surface area contributed by atoms with E-state index in [1.807, 2.05) is 41.3 Å². The molecule has 0 radical (unpaired) electrons. The molecular weight excluding hydrogens is 408 g/mol. The fourth-order valence-electron chi connectivity index (χ4n) is 5.91. The van der Waals surface area contributed by atoms with Gasteiger partial charge in [-0.3, -0.25) is 0 Å². The van der Waals surface area contributed by atoms with Crippen LogP contribution >= 0.6 is 0 Å². The number of nitrogens with one attached hydrogen (secondary N) is 1. The predicted octanol–water partition coefficient (Wildman–Crippen LogP) is 7.36. The molecule has 2 fully saturated rings. The molecule has 0 bridgehead atoms. The standard InChI is InChI=1S/C29H40N2O2/c1-22-10-9-11-23(2)28(22)30-29(32)31(20-21-33-27-14-7-4-8-15-27)26-18-16-25(17-19-26)24-12-5-3-6-13-24/h4,7-11,14-15,24-26H,3,5-6,12-13,16-21H2,1-2H3,(H,30,32)/t25-,26-. The first kappa shape index (κ1) is 23.7. The van der Waals surface area contributed by atoms with Gasteiger partial charge in [-0.2, -0.15) is 0 Å². The lowest BCUT2D eigenvalue weighted by Crippen LogP contribution is -2.47. The maximum atomic E-state index is 13.5. The average molecular weight is 449 g/mol. The minimum atomic E-state index is 0.00479. The first-order valence-electron chi connectivity index (χ1n) is 12.9. The number of benzene rings is 2. The Hall–Kier alpha value is -2.49. The maximum absolute atomic E-state index is 13.5. The van der Waals surface area contributed by atoms with Crippen molar-refractivity contribution >= 4 is 11.7 Å². The fraction of sp³-hybridized carbons (Fsp3) is 0.552. The number of hydrogen-bond acceptors (Lipinski definition) is 2. The van der Waals surface area contributed by atoms with Crippen molar-refractivity contribution in [2.24, 2.45) is 11.8 Å². The number of hydrogen-bond donors (Lipinski definition) is 1. The monoisotopic (exact) mass is 448 g/mol. The Kier molecular flexibility index (Phi) is 8.30. The molecule has 4 heteroatoms. The molecule has 0 spiro atoms. The van der Waals surface area contributed by atoms with Gasteiger partial charge in [-0.15, -0.1) is 0 Å². The molecule has 0 unspecified atom stereocenters. The molecular formula is C29H40N2O2. The molecule has 1 N–H and O–H groups in total. The van der Waals surface area contributed by atoms with Gasteiger partial charge in [0.2, 0.25) is 0 Å². The highest BCUT2D eigenvalue weighted by Crippen LogP contribution is 2.39. The molecule has 0 heterocycles. The summed E-state index contributed by atoms with van der Waals surface area (Å²) in [5.74, 6) is 2.62. The van der Waals surface area contributed by atoms with Crippen molar-refractivity contribution in [2.45, 2.75) is 77.7 Å². The van der Waals surface area contributed by atoms with Gasteiger partial charge >= 0.3 is 6.03 Å². The van der Waals surface area contributed by atoms with E-state index in [4.69, 9.17) is 4.74 Å². The number of nitrogens with zero attached hydrogens (tertiary/aromatic N) is 1. The number of amides is 2. The highest BCUT2D eigenvalue weighted by atomic mass is 16.5. The smallest absolute Gasteiger partial charge is 0.322 e. The lowest BCUT2D eigenvalue weighted by molar-refractivity contribution is 0.114. The van der Waals surface area contributed by atoms with Crippen molar-refractivity contribution in [1.82, 2.24) is 4.90 Å². The Labute approximate surface area is 199 Å². The SMILES string of the molecule is Cc1cccc(C)c1NC(=O)N(CCOc1ccccc1)[C@H]1CC[C@H](C2CCCCC2)CC1. The molecule has 178 valence electrons. The summed E-state index contributed by atoms with van der Waals surface area (Å²) in [5, 5.41) is 3.23. The minimum Gasteiger partial charge on any atom is -0.492 e. The van der Waals surface area contributed by atoms with Gasteiger partial charge in [0.1, 0.15) is 12.4 Å². The van der Waals surface area contributed by atoms with Gasteiger partial charge < -0.3 is 15.0 Å². The van der Waals surface area contributed by atoms with E-state index in [9.17, 15) is 4.79 Å². The van der Waals surface area contributed by atoms with Crippen molar-refractivity contribution in [1.29, 1.82) is 0 Å². The number of carbonyl (C=O) groups is 1. The van der Waals surface area contributed by atoms with Crippen LogP contribution in [0.15, 0.2) is 48.5 Å². The van der Waals surface area contributed by atoms with Crippen LogP contribution in [-0.4, -0.2) is 30.1 Å². The zero-order chi connectivity index (χ0) is 23.0.